The molecule has 0 saturated heterocycles. The topological polar surface area (TPSA) is 52.5 Å². The minimum absolute atomic E-state index is 0.0785. The Labute approximate surface area is 107 Å². The predicted molar refractivity (Wildman–Crippen MR) is 67.9 cm³/mol. The molecule has 1 unspecified atom stereocenters. The van der Waals surface area contributed by atoms with Gasteiger partial charge in [-0.15, -0.1) is 0 Å². The maximum Gasteiger partial charge on any atom is 0.123 e. The molecule has 0 bridgehead atoms. The zero-order valence-corrected chi connectivity index (χ0v) is 10.6. The summed E-state index contributed by atoms with van der Waals surface area (Å²) < 4.78 is 13.1. The normalized spacial score (nSPS) is 19.9. The van der Waals surface area contributed by atoms with E-state index in [1.54, 1.807) is 0 Å². The monoisotopic (exact) mass is 253 g/mol. The van der Waals surface area contributed by atoms with Gasteiger partial charge in [0.25, 0.3) is 0 Å². The standard InChI is InChI=1S/C14H20FNO2/c1-10(12-8-11(15)4-5-13(12)17)16-9-14(18)6-2-3-7-14/h4-5,8,10,16-18H,2-3,6-7,9H2,1H3. The zero-order valence-electron chi connectivity index (χ0n) is 10.6. The highest BCUT2D eigenvalue weighted by Crippen LogP contribution is 2.30. The van der Waals surface area contributed by atoms with E-state index in [4.69, 9.17) is 0 Å². The molecule has 100 valence electrons. The maximum absolute atomic E-state index is 13.1. The molecule has 4 heteroatoms. The molecule has 1 saturated carbocycles. The summed E-state index contributed by atoms with van der Waals surface area (Å²) in [6, 6.07) is 3.72. The molecular weight excluding hydrogens is 233 g/mol. The fourth-order valence-electron chi connectivity index (χ4n) is 2.54. The number of phenols is 1. The van der Waals surface area contributed by atoms with E-state index in [2.05, 4.69) is 5.32 Å². The van der Waals surface area contributed by atoms with Crippen LogP contribution in [-0.4, -0.2) is 22.4 Å². The Hall–Kier alpha value is -1.13. The van der Waals surface area contributed by atoms with E-state index in [1.807, 2.05) is 6.92 Å². The minimum atomic E-state index is -0.642. The van der Waals surface area contributed by atoms with Crippen molar-refractivity contribution in [3.05, 3.63) is 29.6 Å². The minimum Gasteiger partial charge on any atom is -0.508 e. The lowest BCUT2D eigenvalue weighted by atomic mass is 10.0. The molecule has 2 rings (SSSR count). The van der Waals surface area contributed by atoms with Gasteiger partial charge in [0.05, 0.1) is 5.60 Å². The summed E-state index contributed by atoms with van der Waals surface area (Å²) in [7, 11) is 0. The molecule has 1 atom stereocenters. The Balaban J connectivity index is 1.99. The van der Waals surface area contributed by atoms with Crippen LogP contribution < -0.4 is 5.32 Å². The van der Waals surface area contributed by atoms with Gasteiger partial charge in [-0.2, -0.15) is 0 Å². The van der Waals surface area contributed by atoms with Crippen LogP contribution >= 0.6 is 0 Å². The van der Waals surface area contributed by atoms with Gasteiger partial charge in [0.15, 0.2) is 0 Å². The molecule has 0 amide bonds. The van der Waals surface area contributed by atoms with Gasteiger partial charge >= 0.3 is 0 Å². The Morgan fingerprint density at radius 3 is 2.72 bits per heavy atom. The van der Waals surface area contributed by atoms with Crippen molar-refractivity contribution in [3.8, 4) is 5.75 Å². The van der Waals surface area contributed by atoms with E-state index < -0.39 is 5.60 Å². The second-order valence-electron chi connectivity index (χ2n) is 5.24. The SMILES string of the molecule is CC(NCC1(O)CCCC1)c1cc(F)ccc1O. The first-order valence-electron chi connectivity index (χ1n) is 6.44. The number of halogens is 1. The molecule has 1 aliphatic carbocycles. The van der Waals surface area contributed by atoms with Gasteiger partial charge < -0.3 is 15.5 Å². The van der Waals surface area contributed by atoms with Crippen molar-refractivity contribution in [1.29, 1.82) is 0 Å². The fourth-order valence-corrected chi connectivity index (χ4v) is 2.54. The summed E-state index contributed by atoms with van der Waals surface area (Å²) in [6.07, 6.45) is 3.72. The number of hydrogen-bond acceptors (Lipinski definition) is 3. The Kier molecular flexibility index (Phi) is 3.88. The van der Waals surface area contributed by atoms with Crippen molar-refractivity contribution in [2.75, 3.05) is 6.54 Å². The zero-order chi connectivity index (χ0) is 13.2. The molecular formula is C14H20FNO2. The average Bonchev–Trinajstić information content (AvgIpc) is 2.77. The van der Waals surface area contributed by atoms with Crippen LogP contribution in [0.4, 0.5) is 4.39 Å². The van der Waals surface area contributed by atoms with Crippen molar-refractivity contribution in [3.63, 3.8) is 0 Å². The molecule has 0 spiro atoms. The van der Waals surface area contributed by atoms with Gasteiger partial charge in [0.2, 0.25) is 0 Å². The summed E-state index contributed by atoms with van der Waals surface area (Å²) >= 11 is 0. The molecule has 0 aromatic heterocycles. The number of benzene rings is 1. The lowest BCUT2D eigenvalue weighted by Crippen LogP contribution is -2.39. The van der Waals surface area contributed by atoms with Crippen molar-refractivity contribution in [2.24, 2.45) is 0 Å². The molecule has 3 N–H and O–H groups in total. The molecule has 0 heterocycles. The van der Waals surface area contributed by atoms with E-state index in [1.165, 1.54) is 18.2 Å². The van der Waals surface area contributed by atoms with Crippen LogP contribution in [0.15, 0.2) is 18.2 Å². The quantitative estimate of drug-likeness (QED) is 0.772. The molecule has 1 aliphatic rings. The van der Waals surface area contributed by atoms with Crippen LogP contribution in [0.5, 0.6) is 5.75 Å². The van der Waals surface area contributed by atoms with Crippen molar-refractivity contribution in [2.45, 2.75) is 44.2 Å². The maximum atomic E-state index is 13.1. The third-order valence-electron chi connectivity index (χ3n) is 3.73. The summed E-state index contributed by atoms with van der Waals surface area (Å²) in [4.78, 5) is 0. The summed E-state index contributed by atoms with van der Waals surface area (Å²) in [5.74, 6) is -0.286. The predicted octanol–water partition coefficient (Wildman–Crippen LogP) is 2.49. The Morgan fingerprint density at radius 2 is 2.06 bits per heavy atom. The van der Waals surface area contributed by atoms with Crippen LogP contribution in [0.25, 0.3) is 0 Å². The van der Waals surface area contributed by atoms with Gasteiger partial charge in [-0.1, -0.05) is 12.8 Å². The second kappa shape index (κ2) is 5.24. The molecule has 1 fully saturated rings. The highest BCUT2D eigenvalue weighted by atomic mass is 19.1. The third-order valence-corrected chi connectivity index (χ3v) is 3.73. The van der Waals surface area contributed by atoms with E-state index >= 15 is 0 Å². The number of aromatic hydroxyl groups is 1. The Bertz CT molecular complexity index is 416. The molecule has 1 aromatic carbocycles. The van der Waals surface area contributed by atoms with E-state index in [9.17, 15) is 14.6 Å². The van der Waals surface area contributed by atoms with Crippen LogP contribution in [0.3, 0.4) is 0 Å². The summed E-state index contributed by atoms with van der Waals surface area (Å²) in [5, 5.41) is 23.1. The average molecular weight is 253 g/mol. The van der Waals surface area contributed by atoms with Crippen molar-refractivity contribution < 1.29 is 14.6 Å². The molecule has 1 aromatic rings. The molecule has 0 aliphatic heterocycles. The number of hydrogen-bond donors (Lipinski definition) is 3. The first-order valence-corrected chi connectivity index (χ1v) is 6.44. The number of nitrogens with one attached hydrogen (secondary N) is 1. The van der Waals surface area contributed by atoms with Gasteiger partial charge in [-0.3, -0.25) is 0 Å². The van der Waals surface area contributed by atoms with E-state index in [0.29, 0.717) is 12.1 Å². The van der Waals surface area contributed by atoms with E-state index in [-0.39, 0.29) is 17.6 Å². The van der Waals surface area contributed by atoms with Gasteiger partial charge in [0, 0.05) is 18.2 Å². The van der Waals surface area contributed by atoms with E-state index in [0.717, 1.165) is 25.7 Å². The summed E-state index contributed by atoms with van der Waals surface area (Å²) in [6.45, 7) is 2.33. The van der Waals surface area contributed by atoms with Gasteiger partial charge in [-0.25, -0.2) is 4.39 Å². The van der Waals surface area contributed by atoms with Crippen molar-refractivity contribution in [1.82, 2.24) is 5.32 Å². The fraction of sp³-hybridized carbons (Fsp3) is 0.571. The smallest absolute Gasteiger partial charge is 0.123 e. The van der Waals surface area contributed by atoms with Crippen LogP contribution in [0.1, 0.15) is 44.2 Å². The Morgan fingerprint density at radius 1 is 1.39 bits per heavy atom. The number of rotatable bonds is 4. The number of phenolic OH excluding ortho intramolecular Hbond substituents is 1. The van der Waals surface area contributed by atoms with Gasteiger partial charge in [0.1, 0.15) is 11.6 Å². The first kappa shape index (κ1) is 13.3. The molecule has 0 radical (unpaired) electrons. The molecule has 18 heavy (non-hydrogen) atoms. The lowest BCUT2D eigenvalue weighted by molar-refractivity contribution is 0.0452. The summed E-state index contributed by atoms with van der Waals surface area (Å²) in [5.41, 5.74) is -0.117. The lowest BCUT2D eigenvalue weighted by Gasteiger charge is -2.25. The number of aliphatic hydroxyl groups is 1. The van der Waals surface area contributed by atoms with Gasteiger partial charge in [-0.05, 0) is 38.0 Å². The van der Waals surface area contributed by atoms with Crippen LogP contribution in [-0.2, 0) is 0 Å². The van der Waals surface area contributed by atoms with Crippen LogP contribution in [0, 0.1) is 5.82 Å². The van der Waals surface area contributed by atoms with Crippen molar-refractivity contribution >= 4 is 0 Å². The molecule has 3 nitrogen and oxygen atoms in total. The third kappa shape index (κ3) is 3.00. The highest BCUT2D eigenvalue weighted by molar-refractivity contribution is 5.34. The first-order chi connectivity index (χ1) is 8.50. The highest BCUT2D eigenvalue weighted by Gasteiger charge is 2.31. The largest absolute Gasteiger partial charge is 0.508 e. The van der Waals surface area contributed by atoms with Crippen LogP contribution in [0.2, 0.25) is 0 Å². The second-order valence-corrected chi connectivity index (χ2v) is 5.24.